The van der Waals surface area contributed by atoms with Crippen molar-refractivity contribution in [3.8, 4) is 11.4 Å². The Balaban J connectivity index is 1.33. The number of aromatic hydroxyl groups is 1. The summed E-state index contributed by atoms with van der Waals surface area (Å²) in [6, 6.07) is 9.14. The van der Waals surface area contributed by atoms with Crippen LogP contribution in [-0.4, -0.2) is 66.1 Å². The Morgan fingerprint density at radius 2 is 2.00 bits per heavy atom. The SMILES string of the molecule is C=CC(=O)N1CCc2nn(-c3ccc(C4CC4)cc3O)c3c2[C@H](C1)N(C(=O)c1ccc(Br)c2nc[nH]c12)CC3. The number of hydrogen-bond acceptors (Lipinski definition) is 5. The quantitative estimate of drug-likeness (QED) is 0.344. The Morgan fingerprint density at radius 3 is 2.77 bits per heavy atom. The highest BCUT2D eigenvalue weighted by molar-refractivity contribution is 9.10. The number of aromatic nitrogens is 4. The maximum atomic E-state index is 14.1. The minimum atomic E-state index is -0.383. The van der Waals surface area contributed by atoms with E-state index in [2.05, 4.69) is 38.5 Å². The van der Waals surface area contributed by atoms with Crippen molar-refractivity contribution in [1.29, 1.82) is 0 Å². The molecule has 9 nitrogen and oxygen atoms in total. The molecule has 3 aliphatic rings. The lowest BCUT2D eigenvalue weighted by atomic mass is 9.94. The van der Waals surface area contributed by atoms with Crippen LogP contribution in [0.1, 0.15) is 57.7 Å². The van der Waals surface area contributed by atoms with Crippen LogP contribution in [0.2, 0.25) is 0 Å². The molecular weight excluding hydrogens is 560 g/mol. The summed E-state index contributed by atoms with van der Waals surface area (Å²) in [4.78, 5) is 37.9. The van der Waals surface area contributed by atoms with E-state index < -0.39 is 0 Å². The summed E-state index contributed by atoms with van der Waals surface area (Å²) in [5.41, 5.74) is 6.49. The Kier molecular flexibility index (Phi) is 5.62. The first kappa shape index (κ1) is 24.1. The Bertz CT molecular complexity index is 1670. The molecule has 0 spiro atoms. The molecule has 2 aromatic carbocycles. The molecule has 0 saturated heterocycles. The van der Waals surface area contributed by atoms with Gasteiger partial charge in [-0.05, 0) is 70.6 Å². The van der Waals surface area contributed by atoms with Gasteiger partial charge in [0.2, 0.25) is 5.91 Å². The third-order valence-corrected chi connectivity index (χ3v) is 8.83. The average Bonchev–Trinajstić information content (AvgIpc) is 3.61. The first-order valence-electron chi connectivity index (χ1n) is 13.2. The number of imidazole rings is 1. The molecule has 1 atom stereocenters. The third kappa shape index (κ3) is 3.88. The number of phenols is 1. The van der Waals surface area contributed by atoms with Crippen LogP contribution in [0.3, 0.4) is 0 Å². The number of nitrogens with zero attached hydrogens (tertiary/aromatic N) is 5. The zero-order valence-electron chi connectivity index (χ0n) is 21.2. The van der Waals surface area contributed by atoms with E-state index in [-0.39, 0.29) is 23.6 Å². The van der Waals surface area contributed by atoms with Gasteiger partial charge in [-0.15, -0.1) is 0 Å². The number of H-pyrrole nitrogens is 1. The van der Waals surface area contributed by atoms with Gasteiger partial charge in [-0.2, -0.15) is 5.10 Å². The maximum Gasteiger partial charge on any atom is 0.256 e. The number of hydrogen-bond donors (Lipinski definition) is 2. The molecule has 4 aromatic rings. The van der Waals surface area contributed by atoms with Gasteiger partial charge >= 0.3 is 0 Å². The van der Waals surface area contributed by atoms with E-state index in [1.54, 1.807) is 17.3 Å². The lowest BCUT2D eigenvalue weighted by molar-refractivity contribution is -0.126. The van der Waals surface area contributed by atoms with E-state index in [1.165, 1.54) is 6.08 Å². The van der Waals surface area contributed by atoms with Crippen LogP contribution in [0, 0.1) is 0 Å². The van der Waals surface area contributed by atoms with E-state index in [0.717, 1.165) is 39.8 Å². The molecule has 0 unspecified atom stereocenters. The lowest BCUT2D eigenvalue weighted by Gasteiger charge is -2.38. The van der Waals surface area contributed by atoms with Crippen molar-refractivity contribution in [3.05, 3.63) is 81.9 Å². The zero-order valence-corrected chi connectivity index (χ0v) is 22.8. The number of rotatable bonds is 4. The minimum Gasteiger partial charge on any atom is -0.506 e. The number of nitrogens with one attached hydrogen (secondary N) is 1. The van der Waals surface area contributed by atoms with E-state index in [0.29, 0.717) is 60.7 Å². The van der Waals surface area contributed by atoms with E-state index in [4.69, 9.17) is 5.10 Å². The molecule has 2 N–H and O–H groups in total. The fraction of sp³-hybridized carbons (Fsp3) is 0.310. The molecule has 198 valence electrons. The summed E-state index contributed by atoms with van der Waals surface area (Å²) >= 11 is 3.52. The highest BCUT2D eigenvalue weighted by atomic mass is 79.9. The number of phenolic OH excluding ortho intramolecular Hbond substituents is 1. The molecule has 4 heterocycles. The molecule has 7 rings (SSSR count). The van der Waals surface area contributed by atoms with Gasteiger partial charge in [-0.25, -0.2) is 9.67 Å². The number of benzene rings is 2. The van der Waals surface area contributed by atoms with Gasteiger partial charge in [0.25, 0.3) is 5.91 Å². The van der Waals surface area contributed by atoms with Gasteiger partial charge in [-0.1, -0.05) is 12.6 Å². The van der Waals surface area contributed by atoms with Gasteiger partial charge in [0, 0.05) is 42.5 Å². The van der Waals surface area contributed by atoms with Gasteiger partial charge in [0.1, 0.15) is 17.0 Å². The molecule has 2 aliphatic heterocycles. The van der Waals surface area contributed by atoms with Crippen molar-refractivity contribution in [2.75, 3.05) is 19.6 Å². The Morgan fingerprint density at radius 1 is 1.15 bits per heavy atom. The highest BCUT2D eigenvalue weighted by Gasteiger charge is 2.40. The maximum absolute atomic E-state index is 14.1. The normalized spacial score (nSPS) is 18.6. The van der Waals surface area contributed by atoms with Gasteiger partial charge in [0.05, 0.1) is 34.8 Å². The van der Waals surface area contributed by atoms with Crippen molar-refractivity contribution >= 4 is 38.8 Å². The number of fused-ring (bicyclic) bond motifs is 1. The van der Waals surface area contributed by atoms with Crippen LogP contribution in [0.4, 0.5) is 0 Å². The number of carbonyl (C=O) groups excluding carboxylic acids is 2. The molecule has 1 saturated carbocycles. The first-order valence-corrected chi connectivity index (χ1v) is 14.0. The van der Waals surface area contributed by atoms with Crippen LogP contribution in [0.5, 0.6) is 5.75 Å². The van der Waals surface area contributed by atoms with Crippen LogP contribution in [-0.2, 0) is 17.6 Å². The molecule has 0 radical (unpaired) electrons. The van der Waals surface area contributed by atoms with Gasteiger partial charge in [-0.3, -0.25) is 9.59 Å². The second-order valence-corrected chi connectivity index (χ2v) is 11.3. The fourth-order valence-electron chi connectivity index (χ4n) is 6.09. The molecule has 1 fully saturated rings. The topological polar surface area (TPSA) is 107 Å². The summed E-state index contributed by atoms with van der Waals surface area (Å²) in [6.45, 7) is 4.94. The first-order chi connectivity index (χ1) is 18.9. The molecule has 2 aromatic heterocycles. The minimum absolute atomic E-state index is 0.129. The van der Waals surface area contributed by atoms with E-state index >= 15 is 0 Å². The summed E-state index contributed by atoms with van der Waals surface area (Å²) < 4.78 is 2.66. The predicted molar refractivity (Wildman–Crippen MR) is 149 cm³/mol. The summed E-state index contributed by atoms with van der Waals surface area (Å²) in [7, 11) is 0. The second-order valence-electron chi connectivity index (χ2n) is 10.5. The van der Waals surface area contributed by atoms with Crippen molar-refractivity contribution in [2.45, 2.75) is 37.6 Å². The van der Waals surface area contributed by atoms with Crippen molar-refractivity contribution in [3.63, 3.8) is 0 Å². The van der Waals surface area contributed by atoms with E-state index in [1.807, 2.05) is 27.8 Å². The number of aromatic amines is 1. The molecule has 2 amide bonds. The lowest BCUT2D eigenvalue weighted by Crippen LogP contribution is -2.45. The molecule has 10 heteroatoms. The number of carbonyl (C=O) groups is 2. The van der Waals surface area contributed by atoms with Crippen LogP contribution < -0.4 is 0 Å². The standard InChI is InChI=1S/C29H27BrN6O3/c1-2-25(38)34-11-9-20-26-22(36(33-20)21-8-5-17(13-24(21)37)16-3-4-16)10-12-35(23(26)14-34)29(39)18-6-7-19(30)28-27(18)31-15-32-28/h2,5-8,13,15-16,23,37H,1,3-4,9-12,14H2,(H,31,32)/t23-/m0/s1. The number of halogens is 1. The zero-order chi connectivity index (χ0) is 26.8. The average molecular weight is 587 g/mol. The molecule has 39 heavy (non-hydrogen) atoms. The fourth-order valence-corrected chi connectivity index (χ4v) is 6.52. The smallest absolute Gasteiger partial charge is 0.256 e. The summed E-state index contributed by atoms with van der Waals surface area (Å²) in [5.74, 6) is 0.453. The molecule has 0 bridgehead atoms. The van der Waals surface area contributed by atoms with Crippen LogP contribution in [0.15, 0.2) is 53.8 Å². The summed E-state index contributed by atoms with van der Waals surface area (Å²) in [6.07, 6.45) is 6.36. The van der Waals surface area contributed by atoms with Crippen LogP contribution >= 0.6 is 15.9 Å². The Labute approximate surface area is 233 Å². The highest BCUT2D eigenvalue weighted by Crippen LogP contribution is 2.43. The predicted octanol–water partition coefficient (Wildman–Crippen LogP) is 4.40. The Hall–Kier alpha value is -3.92. The van der Waals surface area contributed by atoms with Gasteiger partial charge in [0.15, 0.2) is 0 Å². The van der Waals surface area contributed by atoms with Crippen molar-refractivity contribution in [1.82, 2.24) is 29.5 Å². The van der Waals surface area contributed by atoms with Crippen LogP contribution in [0.25, 0.3) is 16.7 Å². The monoisotopic (exact) mass is 586 g/mol. The third-order valence-electron chi connectivity index (χ3n) is 8.19. The number of amides is 2. The van der Waals surface area contributed by atoms with Gasteiger partial charge < -0.3 is 19.9 Å². The van der Waals surface area contributed by atoms with Crippen molar-refractivity contribution in [2.24, 2.45) is 0 Å². The van der Waals surface area contributed by atoms with Crippen molar-refractivity contribution < 1.29 is 14.7 Å². The largest absolute Gasteiger partial charge is 0.506 e. The molecular formula is C29H27BrN6O3. The van der Waals surface area contributed by atoms with E-state index in [9.17, 15) is 14.7 Å². The second kappa shape index (κ2) is 9.08. The summed E-state index contributed by atoms with van der Waals surface area (Å²) in [5, 5.41) is 15.9. The molecule has 1 aliphatic carbocycles.